The number of benzene rings is 1. The quantitative estimate of drug-likeness (QED) is 0.920. The second-order valence-corrected chi connectivity index (χ2v) is 5.56. The number of halogens is 2. The van der Waals surface area contributed by atoms with Crippen LogP contribution < -0.4 is 5.32 Å². The molecule has 0 aliphatic rings. The van der Waals surface area contributed by atoms with Crippen LogP contribution in [0.25, 0.3) is 0 Å². The predicted octanol–water partition coefficient (Wildman–Crippen LogP) is 4.11. The smallest absolute Gasteiger partial charge is 0.139 e. The van der Waals surface area contributed by atoms with Gasteiger partial charge in [-0.3, -0.25) is 4.68 Å². The standard InChI is InChI=1S/C14H17BrFN3/c1-8(14-9(2)18-19(4)10(14)3)17-11-5-6-12(15)13(16)7-11/h5-8,17H,1-4H3. The number of anilines is 1. The molecule has 3 nitrogen and oxygen atoms in total. The molecule has 0 bridgehead atoms. The van der Waals surface area contributed by atoms with Crippen LogP contribution in [0.15, 0.2) is 22.7 Å². The van der Waals surface area contributed by atoms with Crippen molar-refractivity contribution in [2.24, 2.45) is 7.05 Å². The van der Waals surface area contributed by atoms with Gasteiger partial charge < -0.3 is 5.32 Å². The fourth-order valence-corrected chi connectivity index (χ4v) is 2.57. The van der Waals surface area contributed by atoms with Crippen molar-refractivity contribution in [3.8, 4) is 0 Å². The highest BCUT2D eigenvalue weighted by molar-refractivity contribution is 9.10. The van der Waals surface area contributed by atoms with Crippen molar-refractivity contribution in [2.45, 2.75) is 26.8 Å². The maximum Gasteiger partial charge on any atom is 0.139 e. The van der Waals surface area contributed by atoms with Crippen molar-refractivity contribution in [1.29, 1.82) is 0 Å². The van der Waals surface area contributed by atoms with E-state index in [-0.39, 0.29) is 11.9 Å². The minimum atomic E-state index is -0.267. The molecule has 1 heterocycles. The van der Waals surface area contributed by atoms with Crippen LogP contribution in [-0.4, -0.2) is 9.78 Å². The Hall–Kier alpha value is -1.36. The van der Waals surface area contributed by atoms with E-state index in [4.69, 9.17) is 0 Å². The largest absolute Gasteiger partial charge is 0.378 e. The lowest BCUT2D eigenvalue weighted by Gasteiger charge is -2.16. The van der Waals surface area contributed by atoms with Crippen molar-refractivity contribution < 1.29 is 4.39 Å². The molecule has 0 saturated carbocycles. The first-order chi connectivity index (χ1) is 8.90. The normalized spacial score (nSPS) is 12.5. The van der Waals surface area contributed by atoms with Gasteiger partial charge in [-0.25, -0.2) is 4.39 Å². The SMILES string of the molecule is Cc1nn(C)c(C)c1C(C)Nc1ccc(Br)c(F)c1. The van der Waals surface area contributed by atoms with Crippen LogP contribution in [0.5, 0.6) is 0 Å². The molecule has 19 heavy (non-hydrogen) atoms. The maximum absolute atomic E-state index is 13.5. The zero-order chi connectivity index (χ0) is 14.2. The summed E-state index contributed by atoms with van der Waals surface area (Å²) in [6.45, 7) is 6.08. The molecule has 1 unspecified atom stereocenters. The lowest BCUT2D eigenvalue weighted by atomic mass is 10.1. The zero-order valence-corrected chi connectivity index (χ0v) is 13.0. The van der Waals surface area contributed by atoms with Gasteiger partial charge in [0.25, 0.3) is 0 Å². The summed E-state index contributed by atoms with van der Waals surface area (Å²) in [4.78, 5) is 0. The Labute approximate surface area is 121 Å². The van der Waals surface area contributed by atoms with E-state index in [1.165, 1.54) is 6.07 Å². The molecular formula is C14H17BrFN3. The highest BCUT2D eigenvalue weighted by Gasteiger charge is 2.16. The van der Waals surface area contributed by atoms with E-state index in [0.29, 0.717) is 4.47 Å². The van der Waals surface area contributed by atoms with Gasteiger partial charge in [-0.15, -0.1) is 0 Å². The first-order valence-electron chi connectivity index (χ1n) is 6.12. The summed E-state index contributed by atoms with van der Waals surface area (Å²) in [6.07, 6.45) is 0. The first kappa shape index (κ1) is 14.1. The van der Waals surface area contributed by atoms with E-state index in [9.17, 15) is 4.39 Å². The lowest BCUT2D eigenvalue weighted by molar-refractivity contribution is 0.621. The summed E-state index contributed by atoms with van der Waals surface area (Å²) < 4.78 is 15.8. The molecule has 1 aromatic heterocycles. The Balaban J connectivity index is 2.25. The van der Waals surface area contributed by atoms with Gasteiger partial charge in [-0.2, -0.15) is 5.10 Å². The summed E-state index contributed by atoms with van der Waals surface area (Å²) in [5, 5.41) is 7.71. The van der Waals surface area contributed by atoms with Crippen molar-refractivity contribution in [3.05, 3.63) is 45.4 Å². The van der Waals surface area contributed by atoms with Crippen molar-refractivity contribution >= 4 is 21.6 Å². The fourth-order valence-electron chi connectivity index (χ4n) is 2.32. The minimum Gasteiger partial charge on any atom is -0.378 e. The number of aryl methyl sites for hydroxylation is 2. The van der Waals surface area contributed by atoms with Gasteiger partial charge in [0.05, 0.1) is 16.2 Å². The molecule has 0 aliphatic carbocycles. The van der Waals surface area contributed by atoms with Crippen LogP contribution in [0.1, 0.15) is 29.9 Å². The van der Waals surface area contributed by atoms with E-state index in [1.807, 2.05) is 31.6 Å². The van der Waals surface area contributed by atoms with Crippen LogP contribution in [0.2, 0.25) is 0 Å². The molecule has 5 heteroatoms. The van der Waals surface area contributed by atoms with E-state index >= 15 is 0 Å². The Kier molecular flexibility index (Phi) is 3.94. The number of hydrogen-bond acceptors (Lipinski definition) is 2. The molecule has 0 spiro atoms. The molecule has 0 amide bonds. The Morgan fingerprint density at radius 1 is 1.37 bits per heavy atom. The van der Waals surface area contributed by atoms with Crippen molar-refractivity contribution in [3.63, 3.8) is 0 Å². The lowest BCUT2D eigenvalue weighted by Crippen LogP contribution is -2.09. The molecule has 0 saturated heterocycles. The summed E-state index contributed by atoms with van der Waals surface area (Å²) >= 11 is 3.15. The zero-order valence-electron chi connectivity index (χ0n) is 11.5. The third-order valence-corrected chi connectivity index (χ3v) is 3.94. The highest BCUT2D eigenvalue weighted by Crippen LogP contribution is 2.26. The van der Waals surface area contributed by atoms with Gasteiger partial charge in [0.1, 0.15) is 5.82 Å². The predicted molar refractivity (Wildman–Crippen MR) is 78.8 cm³/mol. The summed E-state index contributed by atoms with van der Waals surface area (Å²) in [7, 11) is 1.93. The molecule has 102 valence electrons. The van der Waals surface area contributed by atoms with Gasteiger partial charge in [0, 0.05) is 24.0 Å². The Morgan fingerprint density at radius 2 is 2.05 bits per heavy atom. The Morgan fingerprint density at radius 3 is 2.58 bits per heavy atom. The van der Waals surface area contributed by atoms with E-state index < -0.39 is 0 Å². The number of nitrogens with one attached hydrogen (secondary N) is 1. The number of rotatable bonds is 3. The van der Waals surface area contributed by atoms with Crippen molar-refractivity contribution in [1.82, 2.24) is 9.78 Å². The van der Waals surface area contributed by atoms with Gasteiger partial charge >= 0.3 is 0 Å². The topological polar surface area (TPSA) is 29.9 Å². The highest BCUT2D eigenvalue weighted by atomic mass is 79.9. The molecule has 0 radical (unpaired) electrons. The third-order valence-electron chi connectivity index (χ3n) is 3.30. The van der Waals surface area contributed by atoms with Crippen LogP contribution in [0.3, 0.4) is 0 Å². The van der Waals surface area contributed by atoms with Crippen LogP contribution in [0, 0.1) is 19.7 Å². The van der Waals surface area contributed by atoms with Crippen LogP contribution in [-0.2, 0) is 7.05 Å². The number of hydrogen-bond donors (Lipinski definition) is 1. The third kappa shape index (κ3) is 2.81. The van der Waals surface area contributed by atoms with Gasteiger partial charge in [0.2, 0.25) is 0 Å². The van der Waals surface area contributed by atoms with E-state index in [2.05, 4.69) is 33.3 Å². The van der Waals surface area contributed by atoms with Crippen LogP contribution in [0.4, 0.5) is 10.1 Å². The average molecular weight is 326 g/mol. The summed E-state index contributed by atoms with van der Waals surface area (Å²) in [5.41, 5.74) is 4.04. The molecular weight excluding hydrogens is 309 g/mol. The summed E-state index contributed by atoms with van der Waals surface area (Å²) in [5.74, 6) is -0.267. The second kappa shape index (κ2) is 5.33. The molecule has 0 fully saturated rings. The minimum absolute atomic E-state index is 0.0780. The number of nitrogens with zero attached hydrogens (tertiary/aromatic N) is 2. The molecule has 1 aromatic carbocycles. The second-order valence-electron chi connectivity index (χ2n) is 4.70. The van der Waals surface area contributed by atoms with E-state index in [1.54, 1.807) is 6.07 Å². The van der Waals surface area contributed by atoms with E-state index in [0.717, 1.165) is 22.6 Å². The molecule has 0 aliphatic heterocycles. The van der Waals surface area contributed by atoms with Gasteiger partial charge in [-0.05, 0) is 54.9 Å². The van der Waals surface area contributed by atoms with Gasteiger partial charge in [-0.1, -0.05) is 0 Å². The summed E-state index contributed by atoms with van der Waals surface area (Å²) in [6, 6.07) is 5.12. The molecule has 2 rings (SSSR count). The average Bonchev–Trinajstić information content (AvgIpc) is 2.58. The maximum atomic E-state index is 13.5. The van der Waals surface area contributed by atoms with Crippen molar-refractivity contribution in [2.75, 3.05) is 5.32 Å². The first-order valence-corrected chi connectivity index (χ1v) is 6.91. The number of aromatic nitrogens is 2. The Bertz CT molecular complexity index is 607. The fraction of sp³-hybridized carbons (Fsp3) is 0.357. The van der Waals surface area contributed by atoms with Crippen LogP contribution >= 0.6 is 15.9 Å². The molecule has 1 N–H and O–H groups in total. The monoisotopic (exact) mass is 325 g/mol. The van der Waals surface area contributed by atoms with Gasteiger partial charge in [0.15, 0.2) is 0 Å². The molecule has 1 atom stereocenters. The molecule has 2 aromatic rings.